The third-order valence-corrected chi connectivity index (χ3v) is 6.85. The van der Waals surface area contributed by atoms with Gasteiger partial charge in [-0.3, -0.25) is 4.79 Å². The summed E-state index contributed by atoms with van der Waals surface area (Å²) in [6.45, 7) is 14.1. The zero-order chi connectivity index (χ0) is 29.8. The number of carbonyl (C=O) groups is 3. The van der Waals surface area contributed by atoms with Crippen LogP contribution in [0.5, 0.6) is 11.5 Å². The summed E-state index contributed by atoms with van der Waals surface area (Å²) < 4.78 is 31.7. The molecule has 0 amide bonds. The number of ether oxygens (including phenoxy) is 3. The van der Waals surface area contributed by atoms with Gasteiger partial charge in [-0.15, -0.1) is 0 Å². The molecule has 3 aromatic rings. The number of esters is 3. The standard InChI is InChI=1S/C34H33FO6/c1-19(2)32(36)39-18-25-8-7-23-13-24(10-11-29(23)25)30-12-9-22(16-31(30)35)26-14-27(40-33(37)20(3)4)17-28(15-26)41-34(38)21(5)6/h9-17,21,25H,1,3,7-8,18H2,2,4-6H3. The number of fused-ring (bicyclic) bond motifs is 1. The number of carbonyl (C=O) groups excluding carboxylic acids is 3. The molecule has 0 spiro atoms. The van der Waals surface area contributed by atoms with E-state index in [1.54, 1.807) is 45.0 Å². The molecule has 1 atom stereocenters. The molecule has 7 heteroatoms. The topological polar surface area (TPSA) is 78.9 Å². The minimum Gasteiger partial charge on any atom is -0.462 e. The van der Waals surface area contributed by atoms with Crippen LogP contribution in [-0.2, 0) is 25.5 Å². The van der Waals surface area contributed by atoms with Gasteiger partial charge in [-0.05, 0) is 72.7 Å². The van der Waals surface area contributed by atoms with Crippen molar-refractivity contribution in [3.63, 3.8) is 0 Å². The van der Waals surface area contributed by atoms with Crippen LogP contribution in [0.25, 0.3) is 22.3 Å². The van der Waals surface area contributed by atoms with Crippen molar-refractivity contribution in [1.29, 1.82) is 0 Å². The number of rotatable bonds is 9. The van der Waals surface area contributed by atoms with Gasteiger partial charge in [-0.1, -0.05) is 57.3 Å². The van der Waals surface area contributed by atoms with Crippen LogP contribution in [0.3, 0.4) is 0 Å². The lowest BCUT2D eigenvalue weighted by atomic mass is 9.95. The molecule has 0 aliphatic heterocycles. The Morgan fingerprint density at radius 2 is 1.51 bits per heavy atom. The summed E-state index contributed by atoms with van der Waals surface area (Å²) in [5, 5.41) is 0. The summed E-state index contributed by atoms with van der Waals surface area (Å²) in [6.07, 6.45) is 1.66. The Kier molecular flexibility index (Phi) is 8.86. The first-order chi connectivity index (χ1) is 19.4. The zero-order valence-corrected chi connectivity index (χ0v) is 23.7. The molecule has 0 aromatic heterocycles. The van der Waals surface area contributed by atoms with Crippen LogP contribution in [0, 0.1) is 11.7 Å². The van der Waals surface area contributed by atoms with Gasteiger partial charge in [0.05, 0.1) is 12.5 Å². The van der Waals surface area contributed by atoms with Gasteiger partial charge in [0.15, 0.2) is 0 Å². The summed E-state index contributed by atoms with van der Waals surface area (Å²) in [5.41, 5.74) is 4.98. The van der Waals surface area contributed by atoms with E-state index in [1.807, 2.05) is 18.2 Å². The highest BCUT2D eigenvalue weighted by atomic mass is 19.1. The maximum Gasteiger partial charge on any atom is 0.338 e. The van der Waals surface area contributed by atoms with Crippen molar-refractivity contribution >= 4 is 17.9 Å². The number of aryl methyl sites for hydroxylation is 1. The molecule has 0 saturated carbocycles. The van der Waals surface area contributed by atoms with Crippen molar-refractivity contribution in [2.45, 2.75) is 46.5 Å². The lowest BCUT2D eigenvalue weighted by Crippen LogP contribution is -2.15. The van der Waals surface area contributed by atoms with Crippen LogP contribution >= 0.6 is 0 Å². The first kappa shape index (κ1) is 29.5. The molecule has 0 saturated heterocycles. The average Bonchev–Trinajstić information content (AvgIpc) is 3.33. The van der Waals surface area contributed by atoms with Crippen LogP contribution in [0.1, 0.15) is 51.2 Å². The lowest BCUT2D eigenvalue weighted by molar-refractivity contribution is -0.139. The molecule has 1 unspecified atom stereocenters. The maximum absolute atomic E-state index is 15.5. The number of benzene rings is 3. The number of hydrogen-bond donors (Lipinski definition) is 0. The van der Waals surface area contributed by atoms with Gasteiger partial charge in [-0.2, -0.15) is 0 Å². The van der Waals surface area contributed by atoms with Gasteiger partial charge in [0.1, 0.15) is 17.3 Å². The van der Waals surface area contributed by atoms with Gasteiger partial charge >= 0.3 is 17.9 Å². The van der Waals surface area contributed by atoms with Crippen LogP contribution < -0.4 is 9.47 Å². The molecule has 1 aliphatic carbocycles. The van der Waals surface area contributed by atoms with E-state index in [9.17, 15) is 14.4 Å². The average molecular weight is 557 g/mol. The highest BCUT2D eigenvalue weighted by molar-refractivity contribution is 5.89. The molecule has 0 heterocycles. The fourth-order valence-electron chi connectivity index (χ4n) is 4.56. The fraction of sp³-hybridized carbons (Fsp3) is 0.265. The predicted octanol–water partition coefficient (Wildman–Crippen LogP) is 7.35. The molecular formula is C34H33FO6. The summed E-state index contributed by atoms with van der Waals surface area (Å²) >= 11 is 0. The van der Waals surface area contributed by atoms with Crippen molar-refractivity contribution in [2.24, 2.45) is 5.92 Å². The SMILES string of the molecule is C=C(C)C(=O)OCC1CCc2cc(-c3ccc(-c4cc(OC(=O)C(=C)C)cc(OC(=O)C(C)C)c4)cc3F)ccc21. The van der Waals surface area contributed by atoms with Crippen molar-refractivity contribution in [2.75, 3.05) is 6.61 Å². The van der Waals surface area contributed by atoms with Crippen molar-refractivity contribution < 1.29 is 33.0 Å². The Morgan fingerprint density at radius 3 is 2.15 bits per heavy atom. The van der Waals surface area contributed by atoms with Crippen molar-refractivity contribution in [3.05, 3.63) is 95.8 Å². The third-order valence-electron chi connectivity index (χ3n) is 6.85. The van der Waals surface area contributed by atoms with E-state index < -0.39 is 23.7 Å². The molecule has 41 heavy (non-hydrogen) atoms. The van der Waals surface area contributed by atoms with Crippen LogP contribution in [0.15, 0.2) is 78.9 Å². The Balaban J connectivity index is 1.61. The van der Waals surface area contributed by atoms with Gasteiger partial charge in [0.25, 0.3) is 0 Å². The first-order valence-electron chi connectivity index (χ1n) is 13.4. The van der Waals surface area contributed by atoms with E-state index in [4.69, 9.17) is 14.2 Å². The van der Waals surface area contributed by atoms with Crippen LogP contribution in [0.2, 0.25) is 0 Å². The second-order valence-electron chi connectivity index (χ2n) is 10.7. The predicted molar refractivity (Wildman–Crippen MR) is 155 cm³/mol. The van der Waals surface area contributed by atoms with E-state index in [2.05, 4.69) is 13.2 Å². The summed E-state index contributed by atoms with van der Waals surface area (Å²) in [4.78, 5) is 36.2. The molecule has 3 aromatic carbocycles. The minimum atomic E-state index is -0.627. The summed E-state index contributed by atoms with van der Waals surface area (Å²) in [6, 6.07) is 15.3. The lowest BCUT2D eigenvalue weighted by Gasteiger charge is -2.14. The van der Waals surface area contributed by atoms with E-state index in [0.29, 0.717) is 22.3 Å². The molecule has 1 aliphatic rings. The summed E-state index contributed by atoms with van der Waals surface area (Å²) in [5.74, 6) is -1.86. The highest BCUT2D eigenvalue weighted by Gasteiger charge is 2.25. The van der Waals surface area contributed by atoms with E-state index in [-0.39, 0.29) is 35.5 Å². The highest BCUT2D eigenvalue weighted by Crippen LogP contribution is 2.38. The Morgan fingerprint density at radius 1 is 0.854 bits per heavy atom. The Hall–Kier alpha value is -4.52. The number of halogens is 1. The second-order valence-corrected chi connectivity index (χ2v) is 10.7. The maximum atomic E-state index is 15.5. The molecule has 0 radical (unpaired) electrons. The van der Waals surface area contributed by atoms with Gasteiger partial charge in [0, 0.05) is 28.7 Å². The monoisotopic (exact) mass is 556 g/mol. The normalized spacial score (nSPS) is 13.9. The van der Waals surface area contributed by atoms with Crippen molar-refractivity contribution in [1.82, 2.24) is 0 Å². The minimum absolute atomic E-state index is 0.0971. The smallest absolute Gasteiger partial charge is 0.338 e. The van der Waals surface area contributed by atoms with Gasteiger partial charge in [-0.25, -0.2) is 14.0 Å². The zero-order valence-electron chi connectivity index (χ0n) is 23.7. The largest absolute Gasteiger partial charge is 0.462 e. The number of hydrogen-bond acceptors (Lipinski definition) is 6. The first-order valence-corrected chi connectivity index (χ1v) is 13.4. The van der Waals surface area contributed by atoms with E-state index in [0.717, 1.165) is 29.5 Å². The van der Waals surface area contributed by atoms with E-state index >= 15 is 4.39 Å². The molecular weight excluding hydrogens is 523 g/mol. The molecule has 212 valence electrons. The van der Waals surface area contributed by atoms with Gasteiger partial charge < -0.3 is 14.2 Å². The summed E-state index contributed by atoms with van der Waals surface area (Å²) in [7, 11) is 0. The molecule has 0 N–H and O–H groups in total. The van der Waals surface area contributed by atoms with Gasteiger partial charge in [0.2, 0.25) is 0 Å². The second kappa shape index (κ2) is 12.3. The van der Waals surface area contributed by atoms with Crippen LogP contribution in [-0.4, -0.2) is 24.5 Å². The van der Waals surface area contributed by atoms with E-state index in [1.165, 1.54) is 19.1 Å². The third kappa shape index (κ3) is 6.98. The quantitative estimate of drug-likeness (QED) is 0.156. The molecule has 0 fully saturated rings. The van der Waals surface area contributed by atoms with Crippen LogP contribution in [0.4, 0.5) is 4.39 Å². The Labute approximate surface area is 239 Å². The fourth-order valence-corrected chi connectivity index (χ4v) is 4.56. The van der Waals surface area contributed by atoms with Crippen molar-refractivity contribution in [3.8, 4) is 33.8 Å². The molecule has 6 nitrogen and oxygen atoms in total. The Bertz CT molecular complexity index is 1550. The molecule has 4 rings (SSSR count). The molecule has 0 bridgehead atoms.